The van der Waals surface area contributed by atoms with Crippen molar-refractivity contribution in [1.82, 2.24) is 0 Å². The summed E-state index contributed by atoms with van der Waals surface area (Å²) < 4.78 is 31.3. The molecule has 166 valence electrons. The molecule has 3 aromatic rings. The summed E-state index contributed by atoms with van der Waals surface area (Å²) in [5.74, 6) is 0.645. The summed E-state index contributed by atoms with van der Waals surface area (Å²) in [4.78, 5) is 0.728. The van der Waals surface area contributed by atoms with E-state index in [1.165, 1.54) is 0 Å². The predicted octanol–water partition coefficient (Wildman–Crippen LogP) is 7.93. The second-order valence-electron chi connectivity index (χ2n) is 7.09. The fourth-order valence-corrected chi connectivity index (χ4v) is 7.50. The Morgan fingerprint density at radius 2 is 1.47 bits per heavy atom. The van der Waals surface area contributed by atoms with E-state index in [4.69, 9.17) is 25.4 Å². The molecule has 0 bridgehead atoms. The van der Waals surface area contributed by atoms with Crippen LogP contribution in [-0.2, 0) is 19.2 Å². The molecule has 0 saturated carbocycles. The van der Waals surface area contributed by atoms with Gasteiger partial charge < -0.3 is 13.8 Å². The van der Waals surface area contributed by atoms with Crippen LogP contribution in [0.3, 0.4) is 0 Å². The number of benzene rings is 3. The van der Waals surface area contributed by atoms with Crippen LogP contribution in [0.25, 0.3) is 4.91 Å². The average molecular weight is 487 g/mol. The van der Waals surface area contributed by atoms with Crippen molar-refractivity contribution < 1.29 is 18.3 Å². The average Bonchev–Trinajstić information content (AvgIpc) is 2.80. The standard InChI is InChI=1S/C25H24ClO4PS/c1-3-28-31(27,29-4-2)32-24-18-25(19-11-7-5-8-12-19,20-13-9-6-10-14-20)30-23-16-15-21(26)17-22(23)24/h5-18H,3-4H2,1-2H3. The third-order valence-corrected chi connectivity index (χ3v) is 9.04. The summed E-state index contributed by atoms with van der Waals surface area (Å²) in [6.07, 6.45) is 1.99. The lowest BCUT2D eigenvalue weighted by Crippen LogP contribution is -2.35. The van der Waals surface area contributed by atoms with Gasteiger partial charge >= 0.3 is 6.80 Å². The normalized spacial score (nSPS) is 14.9. The fraction of sp³-hybridized carbons (Fsp3) is 0.200. The van der Waals surface area contributed by atoms with Gasteiger partial charge in [-0.05, 0) is 49.5 Å². The van der Waals surface area contributed by atoms with Gasteiger partial charge in [0.1, 0.15) is 5.75 Å². The zero-order valence-electron chi connectivity index (χ0n) is 17.9. The Kier molecular flexibility index (Phi) is 7.14. The third-order valence-electron chi connectivity index (χ3n) is 5.00. The molecule has 0 fully saturated rings. The van der Waals surface area contributed by atoms with Crippen LogP contribution in [0.2, 0.25) is 5.02 Å². The van der Waals surface area contributed by atoms with Crippen molar-refractivity contribution in [3.8, 4) is 5.75 Å². The van der Waals surface area contributed by atoms with Crippen LogP contribution in [-0.4, -0.2) is 13.2 Å². The summed E-state index contributed by atoms with van der Waals surface area (Å²) in [5, 5.41) is 0.563. The van der Waals surface area contributed by atoms with E-state index in [-0.39, 0.29) is 13.2 Å². The SMILES string of the molecule is CCOP(=O)(OCC)SC1=CC(c2ccccc2)(c2ccccc2)Oc2ccc(Cl)cc21. The number of hydrogen-bond acceptors (Lipinski definition) is 5. The molecule has 1 heterocycles. The van der Waals surface area contributed by atoms with Gasteiger partial charge in [0.25, 0.3) is 0 Å². The van der Waals surface area contributed by atoms with E-state index in [9.17, 15) is 4.57 Å². The Bertz CT molecular complexity index is 1100. The first-order chi connectivity index (χ1) is 15.5. The predicted molar refractivity (Wildman–Crippen MR) is 132 cm³/mol. The highest BCUT2D eigenvalue weighted by Crippen LogP contribution is 2.67. The number of halogens is 1. The van der Waals surface area contributed by atoms with Crippen molar-refractivity contribution >= 4 is 34.7 Å². The number of ether oxygens (including phenoxy) is 1. The zero-order valence-corrected chi connectivity index (χ0v) is 20.3. The van der Waals surface area contributed by atoms with Gasteiger partial charge in [0.15, 0.2) is 5.60 Å². The molecule has 0 spiro atoms. The molecule has 4 nitrogen and oxygen atoms in total. The minimum absolute atomic E-state index is 0.277. The van der Waals surface area contributed by atoms with Crippen LogP contribution in [0.4, 0.5) is 0 Å². The van der Waals surface area contributed by atoms with E-state index in [1.54, 1.807) is 19.9 Å². The lowest BCUT2D eigenvalue weighted by Gasteiger charge is -2.38. The largest absolute Gasteiger partial charge is 0.473 e. The van der Waals surface area contributed by atoms with Gasteiger partial charge in [-0.15, -0.1) is 0 Å². The van der Waals surface area contributed by atoms with Crippen molar-refractivity contribution in [2.24, 2.45) is 0 Å². The van der Waals surface area contributed by atoms with Crippen LogP contribution in [0, 0.1) is 0 Å². The molecule has 0 saturated heterocycles. The lowest BCUT2D eigenvalue weighted by molar-refractivity contribution is 0.160. The van der Waals surface area contributed by atoms with Crippen LogP contribution in [0.15, 0.2) is 84.9 Å². The first-order valence-corrected chi connectivity index (χ1v) is 13.8. The monoisotopic (exact) mass is 486 g/mol. The highest BCUT2D eigenvalue weighted by Gasteiger charge is 2.41. The minimum Gasteiger partial charge on any atom is -0.473 e. The van der Waals surface area contributed by atoms with E-state index < -0.39 is 12.4 Å². The Balaban J connectivity index is 1.95. The Morgan fingerprint density at radius 1 is 0.906 bits per heavy atom. The number of hydrogen-bond donors (Lipinski definition) is 0. The Labute approximate surface area is 197 Å². The van der Waals surface area contributed by atoms with Crippen LogP contribution in [0.5, 0.6) is 5.75 Å². The second-order valence-corrected chi connectivity index (χ2v) is 11.5. The molecule has 1 aliphatic rings. The van der Waals surface area contributed by atoms with Gasteiger partial charge in [-0.1, -0.05) is 72.3 Å². The maximum atomic E-state index is 13.5. The van der Waals surface area contributed by atoms with Gasteiger partial charge in [-0.25, -0.2) is 4.57 Å². The smallest absolute Gasteiger partial charge is 0.393 e. The molecule has 0 atom stereocenters. The fourth-order valence-electron chi connectivity index (χ4n) is 3.67. The van der Waals surface area contributed by atoms with E-state index in [1.807, 2.05) is 78.9 Å². The van der Waals surface area contributed by atoms with Crippen LogP contribution in [0.1, 0.15) is 30.5 Å². The molecular formula is C25H24ClO4PS. The Hall–Kier alpha value is -2.01. The van der Waals surface area contributed by atoms with Gasteiger partial charge in [-0.3, -0.25) is 0 Å². The molecule has 32 heavy (non-hydrogen) atoms. The molecule has 7 heteroatoms. The molecule has 0 amide bonds. The second kappa shape index (κ2) is 9.86. The zero-order chi connectivity index (χ0) is 22.6. The molecule has 0 unspecified atom stereocenters. The van der Waals surface area contributed by atoms with E-state index in [2.05, 4.69) is 0 Å². The van der Waals surface area contributed by atoms with Crippen LogP contribution >= 0.6 is 29.8 Å². The topological polar surface area (TPSA) is 44.8 Å². The minimum atomic E-state index is -3.45. The van der Waals surface area contributed by atoms with Gasteiger partial charge in [0.2, 0.25) is 0 Å². The maximum absolute atomic E-state index is 13.5. The quantitative estimate of drug-likeness (QED) is 0.302. The molecule has 3 aromatic carbocycles. The number of rotatable bonds is 8. The van der Waals surface area contributed by atoms with Crippen molar-refractivity contribution in [2.45, 2.75) is 19.4 Å². The first-order valence-electron chi connectivity index (χ1n) is 10.4. The molecule has 1 aliphatic heterocycles. The summed E-state index contributed by atoms with van der Waals surface area (Å²) in [6.45, 7) is 0.704. The number of fused-ring (bicyclic) bond motifs is 1. The molecular weight excluding hydrogens is 463 g/mol. The van der Waals surface area contributed by atoms with Crippen LogP contribution < -0.4 is 4.74 Å². The molecule has 0 radical (unpaired) electrons. The van der Waals surface area contributed by atoms with Gasteiger partial charge in [0, 0.05) is 26.6 Å². The Morgan fingerprint density at radius 3 is 2.00 bits per heavy atom. The maximum Gasteiger partial charge on any atom is 0.393 e. The van der Waals surface area contributed by atoms with E-state index in [0.29, 0.717) is 10.8 Å². The first kappa shape index (κ1) is 23.2. The third kappa shape index (κ3) is 4.68. The van der Waals surface area contributed by atoms with Gasteiger partial charge in [-0.2, -0.15) is 0 Å². The van der Waals surface area contributed by atoms with Crippen molar-refractivity contribution in [1.29, 1.82) is 0 Å². The summed E-state index contributed by atoms with van der Waals surface area (Å²) in [7, 11) is 0. The van der Waals surface area contributed by atoms with E-state index >= 15 is 0 Å². The molecule has 4 rings (SSSR count). The molecule has 0 aliphatic carbocycles. The summed E-state index contributed by atoms with van der Waals surface area (Å²) in [5.41, 5.74) is 1.74. The highest BCUT2D eigenvalue weighted by molar-refractivity contribution is 8.59. The molecule has 0 N–H and O–H groups in total. The van der Waals surface area contributed by atoms with Crippen molar-refractivity contribution in [3.63, 3.8) is 0 Å². The molecule has 0 aromatic heterocycles. The van der Waals surface area contributed by atoms with Crippen molar-refractivity contribution in [2.75, 3.05) is 13.2 Å². The highest BCUT2D eigenvalue weighted by atomic mass is 35.5. The van der Waals surface area contributed by atoms with Crippen molar-refractivity contribution in [3.05, 3.63) is 107 Å². The summed E-state index contributed by atoms with van der Waals surface area (Å²) >= 11 is 7.41. The summed E-state index contributed by atoms with van der Waals surface area (Å²) in [6, 6.07) is 25.4. The van der Waals surface area contributed by atoms with Gasteiger partial charge in [0.05, 0.1) is 13.2 Å². The van der Waals surface area contributed by atoms with E-state index in [0.717, 1.165) is 33.0 Å². The lowest BCUT2D eigenvalue weighted by atomic mass is 9.83.